The average Bonchev–Trinajstić information content (AvgIpc) is 3.16. The molecular formula is C26H31FN6O. The van der Waals surface area contributed by atoms with Crippen molar-refractivity contribution in [1.82, 2.24) is 14.5 Å². The van der Waals surface area contributed by atoms with Crippen LogP contribution >= 0.6 is 0 Å². The van der Waals surface area contributed by atoms with Gasteiger partial charge in [-0.3, -0.25) is 0 Å². The Balaban J connectivity index is 1.58. The van der Waals surface area contributed by atoms with E-state index in [1.165, 1.54) is 0 Å². The molecule has 1 fully saturated rings. The van der Waals surface area contributed by atoms with Crippen LogP contribution in [0.2, 0.25) is 0 Å². The number of halogens is 1. The first-order chi connectivity index (χ1) is 16.4. The van der Waals surface area contributed by atoms with Crippen molar-refractivity contribution < 1.29 is 9.13 Å². The Morgan fingerprint density at radius 2 is 2.18 bits per heavy atom. The number of nitrogens with zero attached hydrogens (tertiary/aromatic N) is 3. The van der Waals surface area contributed by atoms with Crippen LogP contribution in [0.4, 0.5) is 21.6 Å². The summed E-state index contributed by atoms with van der Waals surface area (Å²) in [5, 5.41) is 11.3. The summed E-state index contributed by atoms with van der Waals surface area (Å²) in [6, 6.07) is 9.26. The molecule has 7 nitrogen and oxygen atoms in total. The number of anilines is 3. The molecule has 178 valence electrons. The lowest BCUT2D eigenvalue weighted by molar-refractivity contribution is 0.149. The van der Waals surface area contributed by atoms with E-state index in [1.54, 1.807) is 23.8 Å². The zero-order valence-electron chi connectivity index (χ0n) is 19.9. The van der Waals surface area contributed by atoms with E-state index in [0.29, 0.717) is 36.7 Å². The standard InChI is InChI=1S/C26H31FN6O/c1-5-19-21(7-6-11-29-23-9-8-17(2)13-25(23)34-4)31-33-24(19)14-18(28)15-26(33)30-22-10-12-32(3)16-20(22)27/h5,8-9,13-15,20,22,29-30H,1,10-12,16,28H2,2-4H3/t20-,22+/m0/s1. The average molecular weight is 463 g/mol. The predicted octanol–water partition coefficient (Wildman–Crippen LogP) is 3.79. The van der Waals surface area contributed by atoms with E-state index < -0.39 is 6.17 Å². The summed E-state index contributed by atoms with van der Waals surface area (Å²) in [4.78, 5) is 2.00. The van der Waals surface area contributed by atoms with Crippen molar-refractivity contribution in [3.63, 3.8) is 0 Å². The molecule has 4 N–H and O–H groups in total. The van der Waals surface area contributed by atoms with Crippen molar-refractivity contribution >= 4 is 28.8 Å². The van der Waals surface area contributed by atoms with Gasteiger partial charge in [0.25, 0.3) is 0 Å². The second-order valence-electron chi connectivity index (χ2n) is 8.61. The summed E-state index contributed by atoms with van der Waals surface area (Å²) < 4.78 is 21.8. The Morgan fingerprint density at radius 1 is 1.35 bits per heavy atom. The number of hydrogen-bond donors (Lipinski definition) is 3. The number of rotatable bonds is 6. The highest BCUT2D eigenvalue weighted by molar-refractivity contribution is 5.78. The SMILES string of the molecule is C=Cc1c(C#CCNc2ccc(C)cc2OC)nn2c(N[C@@H]3CCN(C)C[C@@H]3F)cc(N)cc12. The Bertz CT molecular complexity index is 1260. The molecule has 0 aliphatic carbocycles. The molecule has 1 saturated heterocycles. The van der Waals surface area contributed by atoms with Crippen LogP contribution in [0.5, 0.6) is 5.75 Å². The van der Waals surface area contributed by atoms with Crippen LogP contribution in [0.15, 0.2) is 36.9 Å². The van der Waals surface area contributed by atoms with Crippen LogP contribution in [0.25, 0.3) is 11.6 Å². The molecule has 1 aliphatic heterocycles. The molecule has 4 rings (SSSR count). The first kappa shape index (κ1) is 23.5. The Kier molecular flexibility index (Phi) is 6.94. The molecule has 2 atom stereocenters. The molecule has 0 spiro atoms. The first-order valence-corrected chi connectivity index (χ1v) is 11.3. The van der Waals surface area contributed by atoms with E-state index in [4.69, 9.17) is 10.5 Å². The number of aromatic nitrogens is 2. The minimum Gasteiger partial charge on any atom is -0.495 e. The van der Waals surface area contributed by atoms with Crippen molar-refractivity contribution in [3.8, 4) is 17.6 Å². The smallest absolute Gasteiger partial charge is 0.143 e. The Morgan fingerprint density at radius 3 is 2.91 bits per heavy atom. The fraction of sp³-hybridized carbons (Fsp3) is 0.346. The zero-order valence-corrected chi connectivity index (χ0v) is 19.9. The predicted molar refractivity (Wildman–Crippen MR) is 137 cm³/mol. The topological polar surface area (TPSA) is 79.9 Å². The number of nitrogens with one attached hydrogen (secondary N) is 2. The molecule has 8 heteroatoms. The van der Waals surface area contributed by atoms with Crippen LogP contribution in [-0.4, -0.2) is 60.5 Å². The van der Waals surface area contributed by atoms with E-state index in [1.807, 2.05) is 43.1 Å². The molecule has 0 unspecified atom stereocenters. The van der Waals surface area contributed by atoms with E-state index in [9.17, 15) is 4.39 Å². The lowest BCUT2D eigenvalue weighted by Crippen LogP contribution is -2.46. The third-order valence-electron chi connectivity index (χ3n) is 6.01. The van der Waals surface area contributed by atoms with E-state index >= 15 is 0 Å². The summed E-state index contributed by atoms with van der Waals surface area (Å²) in [6.45, 7) is 7.59. The van der Waals surface area contributed by atoms with Gasteiger partial charge < -0.3 is 26.0 Å². The molecule has 0 bridgehead atoms. The fourth-order valence-electron chi connectivity index (χ4n) is 4.20. The second-order valence-corrected chi connectivity index (χ2v) is 8.61. The number of nitrogen functional groups attached to an aromatic ring is 1. The molecule has 34 heavy (non-hydrogen) atoms. The van der Waals surface area contributed by atoms with Crippen molar-refractivity contribution in [2.75, 3.05) is 50.2 Å². The van der Waals surface area contributed by atoms with Gasteiger partial charge in [0.1, 0.15) is 23.4 Å². The summed E-state index contributed by atoms with van der Waals surface area (Å²) in [5.74, 6) is 7.67. The quantitative estimate of drug-likeness (QED) is 0.484. The number of hydrogen-bond acceptors (Lipinski definition) is 6. The molecule has 3 aromatic rings. The van der Waals surface area contributed by atoms with Crippen molar-refractivity contribution in [2.45, 2.75) is 25.6 Å². The van der Waals surface area contributed by atoms with E-state index in [2.05, 4.69) is 34.2 Å². The molecular weight excluding hydrogens is 431 g/mol. The van der Waals surface area contributed by atoms with E-state index in [0.717, 1.165) is 34.6 Å². The van der Waals surface area contributed by atoms with Gasteiger partial charge in [0.2, 0.25) is 0 Å². The van der Waals surface area contributed by atoms with Gasteiger partial charge >= 0.3 is 0 Å². The van der Waals surface area contributed by atoms with Crippen LogP contribution in [0, 0.1) is 18.8 Å². The highest BCUT2D eigenvalue weighted by Gasteiger charge is 2.28. The fourth-order valence-corrected chi connectivity index (χ4v) is 4.20. The molecule has 3 heterocycles. The van der Waals surface area contributed by atoms with Gasteiger partial charge in [-0.15, -0.1) is 0 Å². The Labute approximate surface area is 199 Å². The number of likely N-dealkylation sites (tertiary alicyclic amines) is 1. The highest BCUT2D eigenvalue weighted by atomic mass is 19.1. The van der Waals surface area contributed by atoms with Gasteiger partial charge in [-0.25, -0.2) is 8.91 Å². The monoisotopic (exact) mass is 462 g/mol. The normalized spacial score (nSPS) is 18.2. The first-order valence-electron chi connectivity index (χ1n) is 11.3. The summed E-state index contributed by atoms with van der Waals surface area (Å²) >= 11 is 0. The van der Waals surface area contributed by atoms with Gasteiger partial charge in [0, 0.05) is 30.4 Å². The van der Waals surface area contributed by atoms with Gasteiger partial charge in [-0.05, 0) is 50.1 Å². The van der Waals surface area contributed by atoms with Crippen molar-refractivity contribution in [1.29, 1.82) is 0 Å². The van der Waals surface area contributed by atoms with Gasteiger partial charge in [-0.1, -0.05) is 24.6 Å². The third kappa shape index (κ3) is 4.95. The van der Waals surface area contributed by atoms with Crippen LogP contribution in [0.3, 0.4) is 0 Å². The minimum atomic E-state index is -0.978. The lowest BCUT2D eigenvalue weighted by Gasteiger charge is -2.33. The van der Waals surface area contributed by atoms with Crippen LogP contribution in [-0.2, 0) is 0 Å². The van der Waals surface area contributed by atoms with Gasteiger partial charge in [0.15, 0.2) is 0 Å². The number of ether oxygens (including phenoxy) is 1. The van der Waals surface area contributed by atoms with Crippen LogP contribution in [0.1, 0.15) is 23.2 Å². The van der Waals surface area contributed by atoms with Crippen molar-refractivity contribution in [2.24, 2.45) is 0 Å². The van der Waals surface area contributed by atoms with Crippen LogP contribution < -0.4 is 21.1 Å². The molecule has 0 radical (unpaired) electrons. The molecule has 1 aliphatic rings. The molecule has 0 saturated carbocycles. The Hall–Kier alpha value is -3.70. The highest BCUT2D eigenvalue weighted by Crippen LogP contribution is 2.27. The molecule has 1 aromatic carbocycles. The lowest BCUT2D eigenvalue weighted by atomic mass is 10.0. The minimum absolute atomic E-state index is 0.305. The summed E-state index contributed by atoms with van der Waals surface area (Å²) in [7, 11) is 3.58. The number of piperidine rings is 1. The third-order valence-corrected chi connectivity index (χ3v) is 6.01. The maximum absolute atomic E-state index is 14.6. The number of nitrogens with two attached hydrogens (primary N) is 1. The van der Waals surface area contributed by atoms with E-state index in [-0.39, 0.29) is 6.04 Å². The molecule has 2 aromatic heterocycles. The largest absolute Gasteiger partial charge is 0.495 e. The number of aryl methyl sites for hydroxylation is 1. The summed E-state index contributed by atoms with van der Waals surface area (Å²) in [6.07, 6.45) is 1.44. The number of pyridine rings is 1. The van der Waals surface area contributed by atoms with Crippen molar-refractivity contribution in [3.05, 3.63) is 53.7 Å². The summed E-state index contributed by atoms with van der Waals surface area (Å²) in [5.41, 5.74) is 10.9. The maximum Gasteiger partial charge on any atom is 0.143 e. The number of alkyl halides is 1. The molecule has 0 amide bonds. The van der Waals surface area contributed by atoms with Gasteiger partial charge in [0.05, 0.1) is 30.9 Å². The number of methoxy groups -OCH3 is 1. The maximum atomic E-state index is 14.6. The number of fused-ring (bicyclic) bond motifs is 1. The zero-order chi connectivity index (χ0) is 24.2. The van der Waals surface area contributed by atoms with Gasteiger partial charge in [-0.2, -0.15) is 5.10 Å². The number of benzene rings is 1. The second kappa shape index (κ2) is 10.1.